The Kier molecular flexibility index (Phi) is 5.47. The predicted molar refractivity (Wildman–Crippen MR) is 99.1 cm³/mol. The average molecular weight is 332 g/mol. The molecule has 3 aromatic rings. The summed E-state index contributed by atoms with van der Waals surface area (Å²) in [6.45, 7) is 2.66. The second kappa shape index (κ2) is 8.15. The lowest BCUT2D eigenvalue weighted by Gasteiger charge is -2.11. The molecule has 0 aliphatic carbocycles. The standard InChI is InChI=1S/C22H20O3/c1-2-15-24-19-12-8-11-18(16-19)22(23)25-21-14-7-6-13-20(21)17-9-4-3-5-10-17/h3-14,16H,2,15H2,1H3. The minimum Gasteiger partial charge on any atom is -0.494 e. The fourth-order valence-electron chi connectivity index (χ4n) is 2.50. The van der Waals surface area contributed by atoms with Crippen LogP contribution in [0.25, 0.3) is 11.1 Å². The van der Waals surface area contributed by atoms with Gasteiger partial charge in [-0.05, 0) is 36.2 Å². The first-order valence-electron chi connectivity index (χ1n) is 8.37. The fourth-order valence-corrected chi connectivity index (χ4v) is 2.50. The van der Waals surface area contributed by atoms with E-state index in [9.17, 15) is 4.79 Å². The summed E-state index contributed by atoms with van der Waals surface area (Å²) in [5.74, 6) is 0.816. The zero-order valence-corrected chi connectivity index (χ0v) is 14.1. The minimum absolute atomic E-state index is 0.398. The average Bonchev–Trinajstić information content (AvgIpc) is 2.67. The zero-order chi connectivity index (χ0) is 17.5. The molecule has 126 valence electrons. The van der Waals surface area contributed by atoms with Gasteiger partial charge < -0.3 is 9.47 Å². The summed E-state index contributed by atoms with van der Waals surface area (Å²) in [4.78, 5) is 12.5. The minimum atomic E-state index is -0.398. The van der Waals surface area contributed by atoms with Crippen LogP contribution >= 0.6 is 0 Å². The summed E-state index contributed by atoms with van der Waals surface area (Å²) in [5, 5.41) is 0. The topological polar surface area (TPSA) is 35.5 Å². The Morgan fingerprint density at radius 1 is 0.880 bits per heavy atom. The van der Waals surface area contributed by atoms with Gasteiger partial charge in [-0.15, -0.1) is 0 Å². The lowest BCUT2D eigenvalue weighted by atomic mass is 10.0. The number of carbonyl (C=O) groups is 1. The van der Waals surface area contributed by atoms with Gasteiger partial charge in [-0.2, -0.15) is 0 Å². The van der Waals surface area contributed by atoms with Gasteiger partial charge in [-0.1, -0.05) is 61.5 Å². The highest BCUT2D eigenvalue weighted by Crippen LogP contribution is 2.30. The number of hydrogen-bond donors (Lipinski definition) is 0. The maximum Gasteiger partial charge on any atom is 0.343 e. The van der Waals surface area contributed by atoms with Gasteiger partial charge in [0.15, 0.2) is 0 Å². The molecule has 0 radical (unpaired) electrons. The molecule has 0 amide bonds. The molecule has 0 fully saturated rings. The Morgan fingerprint density at radius 2 is 1.64 bits per heavy atom. The first kappa shape index (κ1) is 16.8. The van der Waals surface area contributed by atoms with E-state index in [0.717, 1.165) is 17.5 Å². The van der Waals surface area contributed by atoms with Crippen molar-refractivity contribution in [2.24, 2.45) is 0 Å². The number of carbonyl (C=O) groups excluding carboxylic acids is 1. The molecule has 0 saturated carbocycles. The first-order chi connectivity index (χ1) is 12.3. The van der Waals surface area contributed by atoms with E-state index in [1.807, 2.05) is 61.5 Å². The van der Waals surface area contributed by atoms with Crippen LogP contribution in [0.3, 0.4) is 0 Å². The smallest absolute Gasteiger partial charge is 0.343 e. The highest BCUT2D eigenvalue weighted by Gasteiger charge is 2.13. The van der Waals surface area contributed by atoms with E-state index in [4.69, 9.17) is 9.47 Å². The molecule has 0 heterocycles. The van der Waals surface area contributed by atoms with Crippen LogP contribution < -0.4 is 9.47 Å². The van der Waals surface area contributed by atoms with Crippen molar-refractivity contribution in [2.45, 2.75) is 13.3 Å². The first-order valence-corrected chi connectivity index (χ1v) is 8.37. The van der Waals surface area contributed by atoms with Crippen molar-refractivity contribution in [3.8, 4) is 22.6 Å². The molecule has 0 atom stereocenters. The van der Waals surface area contributed by atoms with Gasteiger partial charge in [0.1, 0.15) is 11.5 Å². The third-order valence-electron chi connectivity index (χ3n) is 3.72. The number of esters is 1. The maximum atomic E-state index is 12.5. The number of benzene rings is 3. The third kappa shape index (κ3) is 4.27. The van der Waals surface area contributed by atoms with E-state index in [2.05, 4.69) is 0 Å². The molecule has 0 aliphatic heterocycles. The van der Waals surface area contributed by atoms with Crippen molar-refractivity contribution in [2.75, 3.05) is 6.61 Å². The Bertz CT molecular complexity index is 841. The van der Waals surface area contributed by atoms with Crippen molar-refractivity contribution in [1.82, 2.24) is 0 Å². The Morgan fingerprint density at radius 3 is 2.44 bits per heavy atom. The maximum absolute atomic E-state index is 12.5. The molecule has 3 rings (SSSR count). The van der Waals surface area contributed by atoms with E-state index in [0.29, 0.717) is 23.7 Å². The van der Waals surface area contributed by atoms with Crippen LogP contribution in [0.15, 0.2) is 78.9 Å². The third-order valence-corrected chi connectivity index (χ3v) is 3.72. The van der Waals surface area contributed by atoms with E-state index >= 15 is 0 Å². The summed E-state index contributed by atoms with van der Waals surface area (Å²) < 4.78 is 11.2. The zero-order valence-electron chi connectivity index (χ0n) is 14.1. The summed E-state index contributed by atoms with van der Waals surface area (Å²) in [6, 6.07) is 24.5. The molecule has 0 N–H and O–H groups in total. The van der Waals surface area contributed by atoms with E-state index in [1.54, 1.807) is 24.3 Å². The Labute approximate surface area is 147 Å². The van der Waals surface area contributed by atoms with Crippen molar-refractivity contribution >= 4 is 5.97 Å². The van der Waals surface area contributed by atoms with Crippen molar-refractivity contribution in [3.05, 3.63) is 84.4 Å². The number of ether oxygens (including phenoxy) is 2. The predicted octanol–water partition coefficient (Wildman–Crippen LogP) is 5.36. The largest absolute Gasteiger partial charge is 0.494 e. The van der Waals surface area contributed by atoms with Gasteiger partial charge in [-0.3, -0.25) is 0 Å². The lowest BCUT2D eigenvalue weighted by Crippen LogP contribution is -2.09. The fraction of sp³-hybridized carbons (Fsp3) is 0.136. The van der Waals surface area contributed by atoms with Crippen LogP contribution in [-0.4, -0.2) is 12.6 Å². The van der Waals surface area contributed by atoms with Gasteiger partial charge >= 0.3 is 5.97 Å². The molecule has 3 aromatic carbocycles. The van der Waals surface area contributed by atoms with Crippen LogP contribution in [0.5, 0.6) is 11.5 Å². The number of hydrogen-bond acceptors (Lipinski definition) is 3. The molecular formula is C22H20O3. The monoisotopic (exact) mass is 332 g/mol. The van der Waals surface area contributed by atoms with Gasteiger partial charge in [0.05, 0.1) is 12.2 Å². The second-order valence-corrected chi connectivity index (χ2v) is 5.63. The molecular weight excluding hydrogens is 312 g/mol. The van der Waals surface area contributed by atoms with Crippen LogP contribution in [-0.2, 0) is 0 Å². The number of para-hydroxylation sites is 1. The van der Waals surface area contributed by atoms with Gasteiger partial charge in [-0.25, -0.2) is 4.79 Å². The highest BCUT2D eigenvalue weighted by molar-refractivity contribution is 5.92. The van der Waals surface area contributed by atoms with Crippen molar-refractivity contribution in [3.63, 3.8) is 0 Å². The SMILES string of the molecule is CCCOc1cccc(C(=O)Oc2ccccc2-c2ccccc2)c1. The Hall–Kier alpha value is -3.07. The van der Waals surface area contributed by atoms with Gasteiger partial charge in [0, 0.05) is 5.56 Å². The molecule has 3 heteroatoms. The normalized spacial score (nSPS) is 10.3. The lowest BCUT2D eigenvalue weighted by molar-refractivity contribution is 0.0735. The molecule has 0 unspecified atom stereocenters. The molecule has 0 spiro atoms. The summed E-state index contributed by atoms with van der Waals surface area (Å²) in [5.41, 5.74) is 2.36. The van der Waals surface area contributed by atoms with Gasteiger partial charge in [0.25, 0.3) is 0 Å². The summed E-state index contributed by atoms with van der Waals surface area (Å²) in [6.07, 6.45) is 0.916. The highest BCUT2D eigenvalue weighted by atomic mass is 16.5. The van der Waals surface area contributed by atoms with Crippen LogP contribution in [0, 0.1) is 0 Å². The van der Waals surface area contributed by atoms with E-state index in [-0.39, 0.29) is 0 Å². The molecule has 0 aliphatic rings. The summed E-state index contributed by atoms with van der Waals surface area (Å²) in [7, 11) is 0. The summed E-state index contributed by atoms with van der Waals surface area (Å²) >= 11 is 0. The van der Waals surface area contributed by atoms with Crippen LogP contribution in [0.1, 0.15) is 23.7 Å². The van der Waals surface area contributed by atoms with E-state index < -0.39 is 5.97 Å². The molecule has 0 aromatic heterocycles. The van der Waals surface area contributed by atoms with Crippen LogP contribution in [0.4, 0.5) is 0 Å². The quantitative estimate of drug-likeness (QED) is 0.450. The second-order valence-electron chi connectivity index (χ2n) is 5.63. The molecule has 0 bridgehead atoms. The Balaban J connectivity index is 1.82. The molecule has 3 nitrogen and oxygen atoms in total. The van der Waals surface area contributed by atoms with Crippen LogP contribution in [0.2, 0.25) is 0 Å². The number of rotatable bonds is 6. The van der Waals surface area contributed by atoms with Gasteiger partial charge in [0.2, 0.25) is 0 Å². The van der Waals surface area contributed by atoms with Crippen molar-refractivity contribution < 1.29 is 14.3 Å². The molecule has 25 heavy (non-hydrogen) atoms. The van der Waals surface area contributed by atoms with Crippen molar-refractivity contribution in [1.29, 1.82) is 0 Å². The molecule has 0 saturated heterocycles. The van der Waals surface area contributed by atoms with E-state index in [1.165, 1.54) is 0 Å².